The molecule has 4 heteroatoms. The lowest BCUT2D eigenvalue weighted by atomic mass is 10.0. The first-order valence-corrected chi connectivity index (χ1v) is 6.84. The normalized spacial score (nSPS) is 11.2. The summed E-state index contributed by atoms with van der Waals surface area (Å²) in [6.45, 7) is 5.96. The molecule has 0 aromatic carbocycles. The molecule has 0 fully saturated rings. The second-order valence-corrected chi connectivity index (χ2v) is 4.81. The molecule has 0 aliphatic rings. The highest BCUT2D eigenvalue weighted by Gasteiger charge is 2.11. The van der Waals surface area contributed by atoms with E-state index in [0.29, 0.717) is 6.54 Å². The van der Waals surface area contributed by atoms with E-state index in [0.717, 1.165) is 38.1 Å². The van der Waals surface area contributed by atoms with Crippen LogP contribution in [0.4, 0.5) is 0 Å². The maximum Gasteiger partial charge on any atom is 0.130 e. The van der Waals surface area contributed by atoms with Gasteiger partial charge in [0.15, 0.2) is 0 Å². The van der Waals surface area contributed by atoms with Crippen molar-refractivity contribution < 1.29 is 0 Å². The van der Waals surface area contributed by atoms with Crippen LogP contribution in [-0.2, 0) is 25.7 Å². The number of hydrogen-bond donors (Lipinski definition) is 1. The van der Waals surface area contributed by atoms with Crippen LogP contribution >= 0.6 is 0 Å². The van der Waals surface area contributed by atoms with Gasteiger partial charge in [-0.2, -0.15) is 0 Å². The van der Waals surface area contributed by atoms with Gasteiger partial charge in [-0.05, 0) is 45.5 Å². The van der Waals surface area contributed by atoms with Crippen LogP contribution in [-0.4, -0.2) is 42.1 Å². The predicted molar refractivity (Wildman–Crippen MR) is 75.8 cm³/mol. The van der Waals surface area contributed by atoms with Gasteiger partial charge in [-0.3, -0.25) is 0 Å². The standard InChI is InChI=1S/C14H26N4/c1-5-12-11(7-9-15)13(6-2)17-14(16-12)8-10-18(3)4/h5-10,15H2,1-4H3. The van der Waals surface area contributed by atoms with E-state index >= 15 is 0 Å². The molecular formula is C14H26N4. The molecule has 1 aromatic rings. The van der Waals surface area contributed by atoms with Gasteiger partial charge in [0.2, 0.25) is 0 Å². The maximum atomic E-state index is 5.68. The summed E-state index contributed by atoms with van der Waals surface area (Å²) in [4.78, 5) is 11.6. The zero-order valence-electron chi connectivity index (χ0n) is 12.2. The Kier molecular flexibility index (Phi) is 6.22. The van der Waals surface area contributed by atoms with Crippen molar-refractivity contribution in [3.05, 3.63) is 22.8 Å². The summed E-state index contributed by atoms with van der Waals surface area (Å²) in [6.07, 6.45) is 3.72. The summed E-state index contributed by atoms with van der Waals surface area (Å²) in [5.74, 6) is 0.971. The van der Waals surface area contributed by atoms with E-state index in [-0.39, 0.29) is 0 Å². The minimum atomic E-state index is 0.667. The fourth-order valence-electron chi connectivity index (χ4n) is 2.09. The molecular weight excluding hydrogens is 224 g/mol. The largest absolute Gasteiger partial charge is 0.330 e. The van der Waals surface area contributed by atoms with E-state index in [1.54, 1.807) is 0 Å². The lowest BCUT2D eigenvalue weighted by molar-refractivity contribution is 0.409. The molecule has 0 saturated carbocycles. The number of likely N-dealkylation sites (N-methyl/N-ethyl adjacent to an activating group) is 1. The van der Waals surface area contributed by atoms with E-state index in [2.05, 4.69) is 32.8 Å². The van der Waals surface area contributed by atoms with Crippen molar-refractivity contribution in [2.45, 2.75) is 39.5 Å². The van der Waals surface area contributed by atoms with Crippen molar-refractivity contribution in [1.82, 2.24) is 14.9 Å². The van der Waals surface area contributed by atoms with Crippen LogP contribution < -0.4 is 5.73 Å². The summed E-state index contributed by atoms with van der Waals surface area (Å²) in [5.41, 5.74) is 9.32. The average molecular weight is 250 g/mol. The van der Waals surface area contributed by atoms with Gasteiger partial charge in [0.25, 0.3) is 0 Å². The molecule has 1 rings (SSSR count). The van der Waals surface area contributed by atoms with Crippen molar-refractivity contribution in [3.63, 3.8) is 0 Å². The Morgan fingerprint density at radius 3 is 1.94 bits per heavy atom. The van der Waals surface area contributed by atoms with Gasteiger partial charge in [0, 0.05) is 24.4 Å². The molecule has 18 heavy (non-hydrogen) atoms. The van der Waals surface area contributed by atoms with Gasteiger partial charge in [-0.15, -0.1) is 0 Å². The third-order valence-corrected chi connectivity index (χ3v) is 3.07. The molecule has 0 aliphatic heterocycles. The highest BCUT2D eigenvalue weighted by atomic mass is 15.1. The zero-order valence-corrected chi connectivity index (χ0v) is 12.2. The van der Waals surface area contributed by atoms with E-state index < -0.39 is 0 Å². The quantitative estimate of drug-likeness (QED) is 0.790. The Hall–Kier alpha value is -1.00. The van der Waals surface area contributed by atoms with Crippen LogP contribution in [0.15, 0.2) is 0 Å². The number of nitrogens with two attached hydrogens (primary N) is 1. The summed E-state index contributed by atoms with van der Waals surface area (Å²) in [7, 11) is 4.15. The molecule has 1 heterocycles. The van der Waals surface area contributed by atoms with Crippen LogP contribution in [0, 0.1) is 0 Å². The Labute approximate surface area is 111 Å². The Bertz CT molecular complexity index is 349. The second kappa shape index (κ2) is 7.44. The lowest BCUT2D eigenvalue weighted by Crippen LogP contribution is -2.19. The molecule has 102 valence electrons. The zero-order chi connectivity index (χ0) is 13.5. The molecule has 0 unspecified atom stereocenters. The van der Waals surface area contributed by atoms with Gasteiger partial charge < -0.3 is 10.6 Å². The minimum Gasteiger partial charge on any atom is -0.330 e. The number of nitrogens with zero attached hydrogens (tertiary/aromatic N) is 3. The SMILES string of the molecule is CCc1nc(CCN(C)C)nc(CC)c1CCN. The summed E-state index contributed by atoms with van der Waals surface area (Å²) >= 11 is 0. The summed E-state index contributed by atoms with van der Waals surface area (Å²) in [5, 5.41) is 0. The van der Waals surface area contributed by atoms with Gasteiger partial charge in [0.1, 0.15) is 5.82 Å². The third kappa shape index (κ3) is 4.03. The maximum absolute atomic E-state index is 5.68. The Balaban J connectivity index is 3.01. The first-order valence-electron chi connectivity index (χ1n) is 6.84. The van der Waals surface area contributed by atoms with E-state index in [1.807, 2.05) is 0 Å². The fourth-order valence-corrected chi connectivity index (χ4v) is 2.09. The van der Waals surface area contributed by atoms with Crippen LogP contribution in [0.3, 0.4) is 0 Å². The second-order valence-electron chi connectivity index (χ2n) is 4.81. The van der Waals surface area contributed by atoms with Gasteiger partial charge in [-0.25, -0.2) is 9.97 Å². The van der Waals surface area contributed by atoms with Gasteiger partial charge >= 0.3 is 0 Å². The molecule has 0 atom stereocenters. The van der Waals surface area contributed by atoms with Crippen LogP contribution in [0.25, 0.3) is 0 Å². The van der Waals surface area contributed by atoms with Crippen LogP contribution in [0.1, 0.15) is 36.6 Å². The molecule has 0 saturated heterocycles. The van der Waals surface area contributed by atoms with Crippen molar-refractivity contribution in [1.29, 1.82) is 0 Å². The molecule has 1 aromatic heterocycles. The highest BCUT2D eigenvalue weighted by molar-refractivity contribution is 5.27. The molecule has 0 spiro atoms. The molecule has 0 aliphatic carbocycles. The number of aryl methyl sites for hydroxylation is 2. The van der Waals surface area contributed by atoms with E-state index in [1.165, 1.54) is 17.0 Å². The lowest BCUT2D eigenvalue weighted by Gasteiger charge is -2.14. The minimum absolute atomic E-state index is 0.667. The van der Waals surface area contributed by atoms with Crippen molar-refractivity contribution in [3.8, 4) is 0 Å². The van der Waals surface area contributed by atoms with Crippen LogP contribution in [0.5, 0.6) is 0 Å². The Morgan fingerprint density at radius 1 is 1.00 bits per heavy atom. The number of aromatic nitrogens is 2. The molecule has 4 nitrogen and oxygen atoms in total. The number of rotatable bonds is 7. The van der Waals surface area contributed by atoms with E-state index in [4.69, 9.17) is 15.7 Å². The predicted octanol–water partition coefficient (Wildman–Crippen LogP) is 1.21. The van der Waals surface area contributed by atoms with Crippen molar-refractivity contribution in [2.24, 2.45) is 5.73 Å². The van der Waals surface area contributed by atoms with Crippen LogP contribution in [0.2, 0.25) is 0 Å². The smallest absolute Gasteiger partial charge is 0.130 e. The van der Waals surface area contributed by atoms with Gasteiger partial charge in [-0.1, -0.05) is 13.8 Å². The Morgan fingerprint density at radius 2 is 1.56 bits per heavy atom. The topological polar surface area (TPSA) is 55.0 Å². The highest BCUT2D eigenvalue weighted by Crippen LogP contribution is 2.14. The molecule has 0 radical (unpaired) electrons. The first kappa shape index (κ1) is 15.1. The third-order valence-electron chi connectivity index (χ3n) is 3.07. The summed E-state index contributed by atoms with van der Waals surface area (Å²) in [6, 6.07) is 0. The molecule has 2 N–H and O–H groups in total. The molecule has 0 bridgehead atoms. The van der Waals surface area contributed by atoms with Crippen molar-refractivity contribution in [2.75, 3.05) is 27.2 Å². The summed E-state index contributed by atoms with van der Waals surface area (Å²) < 4.78 is 0. The van der Waals surface area contributed by atoms with Gasteiger partial charge in [0.05, 0.1) is 0 Å². The number of hydrogen-bond acceptors (Lipinski definition) is 4. The first-order chi connectivity index (χ1) is 8.62. The fraction of sp³-hybridized carbons (Fsp3) is 0.714. The monoisotopic (exact) mass is 250 g/mol. The van der Waals surface area contributed by atoms with E-state index in [9.17, 15) is 0 Å². The average Bonchev–Trinajstić information content (AvgIpc) is 2.37. The van der Waals surface area contributed by atoms with Crippen molar-refractivity contribution >= 4 is 0 Å². The molecule has 0 amide bonds.